The zero-order valence-electron chi connectivity index (χ0n) is 10.6. The first-order chi connectivity index (χ1) is 8.78. The number of hydrogen-bond acceptors (Lipinski definition) is 3. The summed E-state index contributed by atoms with van der Waals surface area (Å²) in [6, 6.07) is 12.6. The molecule has 0 fully saturated rings. The lowest BCUT2D eigenvalue weighted by atomic mass is 10.0. The summed E-state index contributed by atoms with van der Waals surface area (Å²) in [5.41, 5.74) is 7.44. The van der Waals surface area contributed by atoms with Gasteiger partial charge in [0.25, 0.3) is 0 Å². The molecule has 0 bridgehead atoms. The third kappa shape index (κ3) is 3.86. The van der Waals surface area contributed by atoms with Gasteiger partial charge in [-0.2, -0.15) is 0 Å². The van der Waals surface area contributed by atoms with Crippen LogP contribution in [0, 0.1) is 0 Å². The summed E-state index contributed by atoms with van der Waals surface area (Å²) in [7, 11) is 1.68. The predicted octanol–water partition coefficient (Wildman–Crippen LogP) is 3.26. The number of hydrogen-bond donors (Lipinski definition) is 1. The van der Waals surface area contributed by atoms with Crippen molar-refractivity contribution in [3.05, 3.63) is 52.2 Å². The van der Waals surface area contributed by atoms with Crippen LogP contribution in [0.2, 0.25) is 0 Å². The number of thiophene rings is 1. The van der Waals surface area contributed by atoms with Crippen LogP contribution in [0.4, 0.5) is 0 Å². The summed E-state index contributed by atoms with van der Waals surface area (Å²) in [5, 5.41) is 2.12. The molecule has 0 saturated carbocycles. The van der Waals surface area contributed by atoms with Gasteiger partial charge < -0.3 is 10.5 Å². The van der Waals surface area contributed by atoms with Crippen LogP contribution >= 0.6 is 11.3 Å². The van der Waals surface area contributed by atoms with Gasteiger partial charge in [-0.05, 0) is 48.4 Å². The fourth-order valence-electron chi connectivity index (χ4n) is 1.95. The fraction of sp³-hybridized carbons (Fsp3) is 0.333. The zero-order chi connectivity index (χ0) is 12.8. The van der Waals surface area contributed by atoms with E-state index in [1.165, 1.54) is 10.4 Å². The van der Waals surface area contributed by atoms with Crippen LogP contribution < -0.4 is 10.5 Å². The predicted molar refractivity (Wildman–Crippen MR) is 77.3 cm³/mol. The highest BCUT2D eigenvalue weighted by molar-refractivity contribution is 7.09. The summed E-state index contributed by atoms with van der Waals surface area (Å²) < 4.78 is 5.14. The van der Waals surface area contributed by atoms with Crippen LogP contribution in [-0.4, -0.2) is 13.2 Å². The number of ether oxygens (including phenoxy) is 1. The van der Waals surface area contributed by atoms with Crippen molar-refractivity contribution < 1.29 is 4.74 Å². The third-order valence-corrected chi connectivity index (χ3v) is 3.93. The second-order valence-corrected chi connectivity index (χ2v) is 5.46. The molecule has 2 rings (SSSR count). The largest absolute Gasteiger partial charge is 0.497 e. The highest BCUT2D eigenvalue weighted by Crippen LogP contribution is 2.15. The first kappa shape index (κ1) is 13.1. The molecule has 0 radical (unpaired) electrons. The molecule has 0 aliphatic rings. The van der Waals surface area contributed by atoms with E-state index in [1.807, 2.05) is 12.1 Å². The minimum atomic E-state index is 0.223. The maximum atomic E-state index is 6.17. The van der Waals surface area contributed by atoms with Crippen LogP contribution in [0.5, 0.6) is 5.75 Å². The van der Waals surface area contributed by atoms with Gasteiger partial charge in [0, 0.05) is 10.9 Å². The van der Waals surface area contributed by atoms with Gasteiger partial charge in [0.1, 0.15) is 5.75 Å². The summed E-state index contributed by atoms with van der Waals surface area (Å²) in [6.07, 6.45) is 3.04. The summed E-state index contributed by atoms with van der Waals surface area (Å²) in [6.45, 7) is 0. The van der Waals surface area contributed by atoms with E-state index >= 15 is 0 Å². The monoisotopic (exact) mass is 261 g/mol. The van der Waals surface area contributed by atoms with Gasteiger partial charge in [-0.1, -0.05) is 18.2 Å². The molecule has 1 heterocycles. The Bertz CT molecular complexity index is 450. The van der Waals surface area contributed by atoms with Crippen LogP contribution in [0.1, 0.15) is 16.9 Å². The van der Waals surface area contributed by atoms with E-state index < -0.39 is 0 Å². The Hall–Kier alpha value is -1.32. The second kappa shape index (κ2) is 6.57. The molecule has 1 aromatic carbocycles. The molecule has 3 heteroatoms. The number of rotatable bonds is 6. The molecule has 0 spiro atoms. The molecule has 2 N–H and O–H groups in total. The van der Waals surface area contributed by atoms with E-state index in [0.29, 0.717) is 0 Å². The Labute approximate surface area is 112 Å². The van der Waals surface area contributed by atoms with Crippen LogP contribution in [0.3, 0.4) is 0 Å². The topological polar surface area (TPSA) is 35.2 Å². The Kier molecular flexibility index (Phi) is 4.79. The Morgan fingerprint density at radius 1 is 1.22 bits per heavy atom. The first-order valence-corrected chi connectivity index (χ1v) is 7.07. The van der Waals surface area contributed by atoms with Crippen molar-refractivity contribution in [3.63, 3.8) is 0 Å². The Morgan fingerprint density at radius 3 is 2.61 bits per heavy atom. The van der Waals surface area contributed by atoms with Crippen molar-refractivity contribution in [1.29, 1.82) is 0 Å². The summed E-state index contributed by atoms with van der Waals surface area (Å²) in [4.78, 5) is 1.42. The molecule has 1 unspecified atom stereocenters. The van der Waals surface area contributed by atoms with Gasteiger partial charge in [-0.3, -0.25) is 0 Å². The van der Waals surface area contributed by atoms with Gasteiger partial charge in [0.15, 0.2) is 0 Å². The molecule has 0 saturated heterocycles. The minimum Gasteiger partial charge on any atom is -0.497 e. The highest BCUT2D eigenvalue weighted by atomic mass is 32.1. The average Bonchev–Trinajstić information content (AvgIpc) is 2.90. The quantitative estimate of drug-likeness (QED) is 0.866. The average molecular weight is 261 g/mol. The number of aryl methyl sites for hydroxylation is 1. The standard InChI is InChI=1S/C15H19NOS/c1-17-14-7-4-12(5-8-14)11-13(16)6-9-15-3-2-10-18-15/h2-5,7-8,10,13H,6,9,11,16H2,1H3. The Morgan fingerprint density at radius 2 is 2.00 bits per heavy atom. The molecule has 2 nitrogen and oxygen atoms in total. The molecule has 1 aromatic heterocycles. The minimum absolute atomic E-state index is 0.223. The molecule has 96 valence electrons. The van der Waals surface area contributed by atoms with Gasteiger partial charge in [-0.25, -0.2) is 0 Å². The van der Waals surface area contributed by atoms with E-state index in [9.17, 15) is 0 Å². The smallest absolute Gasteiger partial charge is 0.118 e. The summed E-state index contributed by atoms with van der Waals surface area (Å²) in [5.74, 6) is 0.894. The molecular formula is C15H19NOS. The molecule has 0 aliphatic carbocycles. The van der Waals surface area contributed by atoms with Gasteiger partial charge in [-0.15, -0.1) is 11.3 Å². The van der Waals surface area contributed by atoms with Crippen molar-refractivity contribution in [2.45, 2.75) is 25.3 Å². The van der Waals surface area contributed by atoms with Crippen molar-refractivity contribution in [2.75, 3.05) is 7.11 Å². The van der Waals surface area contributed by atoms with E-state index in [4.69, 9.17) is 10.5 Å². The van der Waals surface area contributed by atoms with Crippen molar-refractivity contribution in [1.82, 2.24) is 0 Å². The zero-order valence-corrected chi connectivity index (χ0v) is 11.5. The number of benzene rings is 1. The second-order valence-electron chi connectivity index (χ2n) is 4.43. The van der Waals surface area contributed by atoms with Crippen LogP contribution in [0.25, 0.3) is 0 Å². The lowest BCUT2D eigenvalue weighted by molar-refractivity contribution is 0.414. The Balaban J connectivity index is 1.80. The van der Waals surface area contributed by atoms with E-state index in [-0.39, 0.29) is 6.04 Å². The number of nitrogens with two attached hydrogens (primary N) is 1. The molecule has 0 aliphatic heterocycles. The molecule has 1 atom stereocenters. The third-order valence-electron chi connectivity index (χ3n) is 3.00. The maximum Gasteiger partial charge on any atom is 0.118 e. The van der Waals surface area contributed by atoms with Crippen molar-refractivity contribution in [2.24, 2.45) is 5.73 Å². The SMILES string of the molecule is COc1ccc(CC(N)CCc2cccs2)cc1. The van der Waals surface area contributed by atoms with Crippen LogP contribution in [0.15, 0.2) is 41.8 Å². The van der Waals surface area contributed by atoms with Gasteiger partial charge in [0.2, 0.25) is 0 Å². The van der Waals surface area contributed by atoms with Gasteiger partial charge >= 0.3 is 0 Å². The van der Waals surface area contributed by atoms with Crippen LogP contribution in [-0.2, 0) is 12.8 Å². The van der Waals surface area contributed by atoms with Crippen molar-refractivity contribution >= 4 is 11.3 Å². The summed E-state index contributed by atoms with van der Waals surface area (Å²) >= 11 is 1.80. The molecular weight excluding hydrogens is 242 g/mol. The van der Waals surface area contributed by atoms with E-state index in [0.717, 1.165) is 25.0 Å². The molecule has 2 aromatic rings. The van der Waals surface area contributed by atoms with E-state index in [1.54, 1.807) is 18.4 Å². The highest BCUT2D eigenvalue weighted by Gasteiger charge is 2.05. The fourth-order valence-corrected chi connectivity index (χ4v) is 2.67. The molecule has 18 heavy (non-hydrogen) atoms. The van der Waals surface area contributed by atoms with Crippen molar-refractivity contribution in [3.8, 4) is 5.75 Å². The molecule has 0 amide bonds. The lowest BCUT2D eigenvalue weighted by Gasteiger charge is -2.11. The van der Waals surface area contributed by atoms with Gasteiger partial charge in [0.05, 0.1) is 7.11 Å². The lowest BCUT2D eigenvalue weighted by Crippen LogP contribution is -2.23. The number of methoxy groups -OCH3 is 1. The first-order valence-electron chi connectivity index (χ1n) is 6.19. The normalized spacial score (nSPS) is 12.3. The maximum absolute atomic E-state index is 6.17. The van der Waals surface area contributed by atoms with E-state index in [2.05, 4.69) is 29.6 Å².